The number of hydrogen-bond donors (Lipinski definition) is 1. The lowest BCUT2D eigenvalue weighted by Gasteiger charge is -1.98. The Morgan fingerprint density at radius 3 is 3.07 bits per heavy atom. The summed E-state index contributed by atoms with van der Waals surface area (Å²) in [5, 5.41) is 0. The van der Waals surface area contributed by atoms with E-state index in [1.165, 1.54) is 0 Å². The van der Waals surface area contributed by atoms with Crippen molar-refractivity contribution in [1.29, 1.82) is 0 Å². The molecule has 4 heteroatoms. The van der Waals surface area contributed by atoms with Crippen molar-refractivity contribution in [2.24, 2.45) is 5.73 Å². The maximum atomic E-state index is 10.4. The van der Waals surface area contributed by atoms with Gasteiger partial charge in [-0.1, -0.05) is 12.2 Å². The Balaban J connectivity index is 2.66. The van der Waals surface area contributed by atoms with E-state index in [9.17, 15) is 4.79 Å². The maximum absolute atomic E-state index is 10.4. The number of hydrogen-bond acceptors (Lipinski definition) is 3. The normalized spacial score (nSPS) is 10.4. The molecular formula is C10H12N2O2. The Hall–Kier alpha value is -1.84. The highest BCUT2D eigenvalue weighted by molar-refractivity contribution is 5.76. The lowest BCUT2D eigenvalue weighted by atomic mass is 10.2. The van der Waals surface area contributed by atoms with Crippen LogP contribution in [0.2, 0.25) is 0 Å². The van der Waals surface area contributed by atoms with Gasteiger partial charge in [0.2, 0.25) is 5.91 Å². The highest BCUT2D eigenvalue weighted by atomic mass is 16.5. The van der Waals surface area contributed by atoms with Gasteiger partial charge in [-0.25, -0.2) is 0 Å². The molecule has 2 N–H and O–H groups in total. The number of nitrogens with zero attached hydrogens (tertiary/aromatic N) is 1. The number of carbonyl (C=O) groups is 1. The standard InChI is InChI=1S/C10H12N2O2/c1-14-9-5-8(6-12-7-9)3-2-4-10(11)13/h2-3,5-7H,4H2,1H3,(H2,11,13). The van der Waals surface area contributed by atoms with Crippen molar-refractivity contribution in [3.63, 3.8) is 0 Å². The molecule has 0 aliphatic carbocycles. The number of ether oxygens (including phenoxy) is 1. The molecule has 14 heavy (non-hydrogen) atoms. The van der Waals surface area contributed by atoms with Gasteiger partial charge in [-0.15, -0.1) is 0 Å². The zero-order chi connectivity index (χ0) is 10.4. The minimum Gasteiger partial charge on any atom is -0.495 e. The van der Waals surface area contributed by atoms with Crippen LogP contribution >= 0.6 is 0 Å². The maximum Gasteiger partial charge on any atom is 0.221 e. The van der Waals surface area contributed by atoms with E-state index in [2.05, 4.69) is 4.98 Å². The quantitative estimate of drug-likeness (QED) is 0.773. The molecular weight excluding hydrogens is 180 g/mol. The number of rotatable bonds is 4. The minimum absolute atomic E-state index is 0.233. The first-order valence-electron chi connectivity index (χ1n) is 4.16. The van der Waals surface area contributed by atoms with Crippen LogP contribution in [-0.2, 0) is 4.79 Å². The van der Waals surface area contributed by atoms with Crippen molar-refractivity contribution in [3.05, 3.63) is 30.1 Å². The second kappa shape index (κ2) is 5.01. The Morgan fingerprint density at radius 1 is 1.64 bits per heavy atom. The van der Waals surface area contributed by atoms with Crippen LogP contribution in [0.4, 0.5) is 0 Å². The van der Waals surface area contributed by atoms with E-state index in [1.54, 1.807) is 31.7 Å². The summed E-state index contributed by atoms with van der Waals surface area (Å²) in [5.41, 5.74) is 5.86. The van der Waals surface area contributed by atoms with Crippen molar-refractivity contribution in [3.8, 4) is 5.75 Å². The first-order valence-corrected chi connectivity index (χ1v) is 4.16. The van der Waals surface area contributed by atoms with Crippen LogP contribution in [0.15, 0.2) is 24.5 Å². The van der Waals surface area contributed by atoms with Crippen LogP contribution in [0.5, 0.6) is 5.75 Å². The largest absolute Gasteiger partial charge is 0.495 e. The molecule has 0 fully saturated rings. The molecule has 0 aliphatic rings. The molecule has 4 nitrogen and oxygen atoms in total. The Kier molecular flexibility index (Phi) is 3.67. The predicted molar refractivity (Wildman–Crippen MR) is 53.6 cm³/mol. The van der Waals surface area contributed by atoms with Crippen LogP contribution in [0.25, 0.3) is 6.08 Å². The highest BCUT2D eigenvalue weighted by Gasteiger charge is 1.92. The molecule has 0 aromatic carbocycles. The van der Waals surface area contributed by atoms with Gasteiger partial charge in [-0.05, 0) is 11.6 Å². The Labute approximate surface area is 82.4 Å². The number of primary amides is 1. The fraction of sp³-hybridized carbons (Fsp3) is 0.200. The molecule has 0 saturated carbocycles. The summed E-state index contributed by atoms with van der Waals surface area (Å²) in [6.07, 6.45) is 7.00. The molecule has 1 aromatic rings. The third-order valence-corrected chi connectivity index (χ3v) is 1.60. The molecule has 74 valence electrons. The number of nitrogens with two attached hydrogens (primary N) is 1. The molecule has 1 aromatic heterocycles. The van der Waals surface area contributed by atoms with E-state index in [4.69, 9.17) is 10.5 Å². The molecule has 0 radical (unpaired) electrons. The number of pyridine rings is 1. The smallest absolute Gasteiger partial charge is 0.221 e. The summed E-state index contributed by atoms with van der Waals surface area (Å²) < 4.78 is 4.99. The van der Waals surface area contributed by atoms with Gasteiger partial charge in [0, 0.05) is 12.6 Å². The molecule has 0 bridgehead atoms. The second-order valence-corrected chi connectivity index (χ2v) is 2.73. The second-order valence-electron chi connectivity index (χ2n) is 2.73. The molecule has 0 aliphatic heterocycles. The van der Waals surface area contributed by atoms with Gasteiger partial charge in [-0.3, -0.25) is 9.78 Å². The Morgan fingerprint density at radius 2 is 2.43 bits per heavy atom. The van der Waals surface area contributed by atoms with E-state index in [0.29, 0.717) is 5.75 Å². The van der Waals surface area contributed by atoms with Crippen molar-refractivity contribution >= 4 is 12.0 Å². The third kappa shape index (κ3) is 3.26. The van der Waals surface area contributed by atoms with E-state index in [1.807, 2.05) is 6.07 Å². The summed E-state index contributed by atoms with van der Waals surface area (Å²) in [7, 11) is 1.58. The van der Waals surface area contributed by atoms with Gasteiger partial charge in [0.05, 0.1) is 13.3 Å². The van der Waals surface area contributed by atoms with Crippen LogP contribution in [0.1, 0.15) is 12.0 Å². The summed E-state index contributed by atoms with van der Waals surface area (Å²) in [6, 6.07) is 1.82. The summed E-state index contributed by atoms with van der Waals surface area (Å²) in [6.45, 7) is 0. The molecule has 0 unspecified atom stereocenters. The monoisotopic (exact) mass is 192 g/mol. The molecule has 0 atom stereocenters. The lowest BCUT2D eigenvalue weighted by Crippen LogP contribution is -2.07. The van der Waals surface area contributed by atoms with E-state index in [0.717, 1.165) is 5.56 Å². The van der Waals surface area contributed by atoms with Crippen LogP contribution in [0.3, 0.4) is 0 Å². The number of carbonyl (C=O) groups excluding carboxylic acids is 1. The van der Waals surface area contributed by atoms with Gasteiger partial charge in [-0.2, -0.15) is 0 Å². The van der Waals surface area contributed by atoms with Crippen molar-refractivity contribution in [2.45, 2.75) is 6.42 Å². The zero-order valence-corrected chi connectivity index (χ0v) is 7.93. The van der Waals surface area contributed by atoms with Gasteiger partial charge in [0.15, 0.2) is 0 Å². The molecule has 1 rings (SSSR count). The summed E-state index contributed by atoms with van der Waals surface area (Å²) >= 11 is 0. The van der Waals surface area contributed by atoms with E-state index in [-0.39, 0.29) is 12.3 Å². The predicted octanol–water partition coefficient (Wildman–Crippen LogP) is 0.979. The third-order valence-electron chi connectivity index (χ3n) is 1.60. The number of amides is 1. The number of aromatic nitrogens is 1. The first kappa shape index (κ1) is 10.2. The van der Waals surface area contributed by atoms with Crippen molar-refractivity contribution < 1.29 is 9.53 Å². The van der Waals surface area contributed by atoms with Crippen molar-refractivity contribution in [1.82, 2.24) is 4.98 Å². The van der Waals surface area contributed by atoms with Crippen LogP contribution in [0, 0.1) is 0 Å². The van der Waals surface area contributed by atoms with Crippen LogP contribution < -0.4 is 10.5 Å². The lowest BCUT2D eigenvalue weighted by molar-refractivity contribution is -0.117. The average Bonchev–Trinajstić information content (AvgIpc) is 2.18. The van der Waals surface area contributed by atoms with Gasteiger partial charge in [0.25, 0.3) is 0 Å². The SMILES string of the molecule is COc1cncc(C=CCC(N)=O)c1. The zero-order valence-electron chi connectivity index (χ0n) is 7.93. The van der Waals surface area contributed by atoms with E-state index >= 15 is 0 Å². The first-order chi connectivity index (χ1) is 6.72. The van der Waals surface area contributed by atoms with E-state index < -0.39 is 0 Å². The fourth-order valence-electron chi connectivity index (χ4n) is 0.950. The summed E-state index contributed by atoms with van der Waals surface area (Å²) in [5.74, 6) is 0.336. The average molecular weight is 192 g/mol. The minimum atomic E-state index is -0.350. The van der Waals surface area contributed by atoms with Gasteiger partial charge in [0.1, 0.15) is 5.75 Å². The van der Waals surface area contributed by atoms with Crippen molar-refractivity contribution in [2.75, 3.05) is 7.11 Å². The molecule has 1 heterocycles. The van der Waals surface area contributed by atoms with Crippen LogP contribution in [-0.4, -0.2) is 18.0 Å². The fourth-order valence-corrected chi connectivity index (χ4v) is 0.950. The topological polar surface area (TPSA) is 65.2 Å². The van der Waals surface area contributed by atoms with Gasteiger partial charge < -0.3 is 10.5 Å². The van der Waals surface area contributed by atoms with Gasteiger partial charge >= 0.3 is 0 Å². The number of methoxy groups -OCH3 is 1. The molecule has 0 spiro atoms. The summed E-state index contributed by atoms with van der Waals surface area (Å²) in [4.78, 5) is 14.4. The molecule has 1 amide bonds. The highest BCUT2D eigenvalue weighted by Crippen LogP contribution is 2.11. The Bertz CT molecular complexity index is 348. The molecule has 0 saturated heterocycles.